The van der Waals surface area contributed by atoms with Crippen LogP contribution in [0, 0.1) is 12.7 Å². The fourth-order valence-electron chi connectivity index (χ4n) is 2.95. The number of carbonyl (C=O) groups excluding carboxylic acids is 1. The van der Waals surface area contributed by atoms with Crippen LogP contribution in [0.4, 0.5) is 4.39 Å². The van der Waals surface area contributed by atoms with Gasteiger partial charge in [0, 0.05) is 6.04 Å². The Morgan fingerprint density at radius 2 is 2.00 bits per heavy atom. The molecule has 122 valence electrons. The summed E-state index contributed by atoms with van der Waals surface area (Å²) in [5, 5.41) is 11.0. The van der Waals surface area contributed by atoms with E-state index >= 15 is 0 Å². The van der Waals surface area contributed by atoms with E-state index < -0.39 is 0 Å². The maximum Gasteiger partial charge on any atom is 0.273 e. The van der Waals surface area contributed by atoms with Crippen LogP contribution >= 0.6 is 0 Å². The van der Waals surface area contributed by atoms with Gasteiger partial charge in [0.25, 0.3) is 5.91 Å². The van der Waals surface area contributed by atoms with Gasteiger partial charge in [0.1, 0.15) is 5.82 Å². The summed E-state index contributed by atoms with van der Waals surface area (Å²) in [5.41, 5.74) is 1.50. The Balaban J connectivity index is 1.70. The Bertz CT molecular complexity index is 690. The molecule has 0 aliphatic heterocycles. The molecule has 0 spiro atoms. The van der Waals surface area contributed by atoms with Gasteiger partial charge in [-0.15, -0.1) is 5.10 Å². The van der Waals surface area contributed by atoms with Gasteiger partial charge in [0.05, 0.1) is 11.9 Å². The molecule has 0 unspecified atom stereocenters. The van der Waals surface area contributed by atoms with Crippen molar-refractivity contribution in [1.82, 2.24) is 20.3 Å². The van der Waals surface area contributed by atoms with Crippen molar-refractivity contribution in [3.05, 3.63) is 41.5 Å². The summed E-state index contributed by atoms with van der Waals surface area (Å²) in [6.45, 7) is 1.69. The van der Waals surface area contributed by atoms with Crippen LogP contribution in [-0.4, -0.2) is 26.9 Å². The van der Waals surface area contributed by atoms with Crippen molar-refractivity contribution in [2.75, 3.05) is 0 Å². The number of nitrogens with one attached hydrogen (secondary N) is 1. The predicted octanol–water partition coefficient (Wildman–Crippen LogP) is 3.17. The van der Waals surface area contributed by atoms with E-state index in [1.54, 1.807) is 25.3 Å². The van der Waals surface area contributed by atoms with Crippen molar-refractivity contribution in [1.29, 1.82) is 0 Å². The van der Waals surface area contributed by atoms with Crippen LogP contribution in [-0.2, 0) is 0 Å². The van der Waals surface area contributed by atoms with Crippen molar-refractivity contribution in [3.63, 3.8) is 0 Å². The highest BCUT2D eigenvalue weighted by Gasteiger charge is 2.18. The summed E-state index contributed by atoms with van der Waals surface area (Å²) in [6, 6.07) is 4.90. The molecule has 5 nitrogen and oxygen atoms in total. The van der Waals surface area contributed by atoms with E-state index in [1.165, 1.54) is 23.6 Å². The molecule has 1 aliphatic rings. The normalized spacial score (nSPS) is 16.1. The highest BCUT2D eigenvalue weighted by molar-refractivity contribution is 5.92. The van der Waals surface area contributed by atoms with Crippen LogP contribution in [0.5, 0.6) is 0 Å². The second-order valence-electron chi connectivity index (χ2n) is 6.14. The molecule has 1 aliphatic carbocycles. The summed E-state index contributed by atoms with van der Waals surface area (Å²) in [6.07, 6.45) is 8.44. The molecule has 0 atom stereocenters. The van der Waals surface area contributed by atoms with E-state index in [0.717, 1.165) is 25.7 Å². The van der Waals surface area contributed by atoms with Crippen LogP contribution in [0.2, 0.25) is 0 Å². The maximum absolute atomic E-state index is 13.3. The van der Waals surface area contributed by atoms with Crippen molar-refractivity contribution >= 4 is 5.91 Å². The van der Waals surface area contributed by atoms with Gasteiger partial charge in [-0.1, -0.05) is 30.9 Å². The maximum atomic E-state index is 13.3. The van der Waals surface area contributed by atoms with E-state index in [9.17, 15) is 9.18 Å². The van der Waals surface area contributed by atoms with Gasteiger partial charge in [-0.2, -0.15) is 0 Å². The summed E-state index contributed by atoms with van der Waals surface area (Å²) < 4.78 is 14.8. The van der Waals surface area contributed by atoms with Gasteiger partial charge in [-0.25, -0.2) is 9.07 Å². The molecule has 1 aromatic heterocycles. The highest BCUT2D eigenvalue weighted by atomic mass is 19.1. The number of rotatable bonds is 3. The Labute approximate surface area is 134 Å². The minimum Gasteiger partial charge on any atom is -0.348 e. The summed E-state index contributed by atoms with van der Waals surface area (Å²) in [4.78, 5) is 12.3. The zero-order valence-electron chi connectivity index (χ0n) is 13.3. The van der Waals surface area contributed by atoms with Gasteiger partial charge < -0.3 is 5.32 Å². The molecular weight excluding hydrogens is 295 g/mol. The van der Waals surface area contributed by atoms with Crippen molar-refractivity contribution in [3.8, 4) is 5.69 Å². The second-order valence-corrected chi connectivity index (χ2v) is 6.14. The Morgan fingerprint density at radius 3 is 2.70 bits per heavy atom. The molecule has 3 rings (SSSR count). The lowest BCUT2D eigenvalue weighted by Crippen LogP contribution is -2.34. The largest absolute Gasteiger partial charge is 0.348 e. The van der Waals surface area contributed by atoms with Crippen molar-refractivity contribution in [2.24, 2.45) is 0 Å². The first-order valence-corrected chi connectivity index (χ1v) is 8.13. The topological polar surface area (TPSA) is 59.8 Å². The zero-order valence-corrected chi connectivity index (χ0v) is 13.3. The zero-order chi connectivity index (χ0) is 16.2. The minimum atomic E-state index is -0.264. The Hall–Kier alpha value is -2.24. The third kappa shape index (κ3) is 3.75. The van der Waals surface area contributed by atoms with E-state index in [4.69, 9.17) is 0 Å². The molecule has 6 heteroatoms. The molecule has 0 saturated heterocycles. The summed E-state index contributed by atoms with van der Waals surface area (Å²) in [7, 11) is 0. The van der Waals surface area contributed by atoms with Gasteiger partial charge in [-0.05, 0) is 43.5 Å². The number of halogens is 1. The van der Waals surface area contributed by atoms with Crippen LogP contribution in [0.25, 0.3) is 5.69 Å². The van der Waals surface area contributed by atoms with Crippen LogP contribution in [0.15, 0.2) is 24.4 Å². The third-order valence-corrected chi connectivity index (χ3v) is 4.32. The van der Waals surface area contributed by atoms with Crippen LogP contribution < -0.4 is 5.32 Å². The first-order chi connectivity index (χ1) is 11.1. The van der Waals surface area contributed by atoms with Crippen LogP contribution in [0.1, 0.15) is 54.6 Å². The quantitative estimate of drug-likeness (QED) is 0.885. The standard InChI is InChI=1S/C17H21FN4O/c1-12-10-14(8-9-15(12)18)22-11-16(20-21-22)17(23)19-13-6-4-2-3-5-7-13/h8-11,13H,2-7H2,1H3,(H,19,23). The number of nitrogens with zero attached hydrogens (tertiary/aromatic N) is 3. The van der Waals surface area contributed by atoms with E-state index in [-0.39, 0.29) is 23.5 Å². The second kappa shape index (κ2) is 6.89. The molecule has 1 saturated carbocycles. The molecule has 2 aromatic rings. The average molecular weight is 316 g/mol. The average Bonchev–Trinajstić information content (AvgIpc) is 2.90. The van der Waals surface area contributed by atoms with Gasteiger partial charge in [0.15, 0.2) is 5.69 Å². The highest BCUT2D eigenvalue weighted by Crippen LogP contribution is 2.18. The van der Waals surface area contributed by atoms with E-state index in [2.05, 4.69) is 15.6 Å². The number of aromatic nitrogens is 3. The van der Waals surface area contributed by atoms with Crippen molar-refractivity contribution in [2.45, 2.75) is 51.5 Å². The Morgan fingerprint density at radius 1 is 1.26 bits per heavy atom. The number of amides is 1. The first-order valence-electron chi connectivity index (χ1n) is 8.13. The lowest BCUT2D eigenvalue weighted by atomic mass is 10.1. The minimum absolute atomic E-state index is 0.193. The van der Waals surface area contributed by atoms with Gasteiger partial charge >= 0.3 is 0 Å². The predicted molar refractivity (Wildman–Crippen MR) is 85.0 cm³/mol. The van der Waals surface area contributed by atoms with Gasteiger partial charge in [0.2, 0.25) is 0 Å². The fourth-order valence-corrected chi connectivity index (χ4v) is 2.95. The van der Waals surface area contributed by atoms with Gasteiger partial charge in [-0.3, -0.25) is 4.79 Å². The lowest BCUT2D eigenvalue weighted by molar-refractivity contribution is 0.0928. The summed E-state index contributed by atoms with van der Waals surface area (Å²) in [5.74, 6) is -0.456. The SMILES string of the molecule is Cc1cc(-n2cc(C(=O)NC3CCCCCC3)nn2)ccc1F. The van der Waals surface area contributed by atoms with E-state index in [0.29, 0.717) is 11.3 Å². The number of benzene rings is 1. The Kier molecular flexibility index (Phi) is 4.69. The molecule has 1 fully saturated rings. The molecule has 1 heterocycles. The first kappa shape index (κ1) is 15.6. The number of hydrogen-bond acceptors (Lipinski definition) is 3. The smallest absolute Gasteiger partial charge is 0.273 e. The number of hydrogen-bond donors (Lipinski definition) is 1. The monoisotopic (exact) mass is 316 g/mol. The lowest BCUT2D eigenvalue weighted by Gasteiger charge is -2.14. The molecule has 0 radical (unpaired) electrons. The third-order valence-electron chi connectivity index (χ3n) is 4.32. The molecule has 1 amide bonds. The molecular formula is C17H21FN4O. The molecule has 23 heavy (non-hydrogen) atoms. The number of aryl methyl sites for hydroxylation is 1. The summed E-state index contributed by atoms with van der Waals surface area (Å²) >= 11 is 0. The fraction of sp³-hybridized carbons (Fsp3) is 0.471. The molecule has 1 N–H and O–H groups in total. The van der Waals surface area contributed by atoms with E-state index in [1.807, 2.05) is 0 Å². The number of carbonyl (C=O) groups is 1. The van der Waals surface area contributed by atoms with Crippen molar-refractivity contribution < 1.29 is 9.18 Å². The molecule has 1 aromatic carbocycles. The van der Waals surface area contributed by atoms with Crippen LogP contribution in [0.3, 0.4) is 0 Å². The molecule has 0 bridgehead atoms.